The minimum atomic E-state index is -0.566. The van der Waals surface area contributed by atoms with Crippen molar-refractivity contribution in [2.75, 3.05) is 13.1 Å². The molecule has 8 heteroatoms. The molecule has 0 bridgehead atoms. The molecule has 0 unspecified atom stereocenters. The minimum Gasteiger partial charge on any atom is -0.366 e. The molecule has 0 aliphatic carbocycles. The molecule has 0 saturated carbocycles. The van der Waals surface area contributed by atoms with Crippen LogP contribution < -0.4 is 22.1 Å². The van der Waals surface area contributed by atoms with Gasteiger partial charge in [0.25, 0.3) is 11.8 Å². The zero-order chi connectivity index (χ0) is 19.1. The summed E-state index contributed by atoms with van der Waals surface area (Å²) in [5, 5.41) is 5.29. The lowest BCUT2D eigenvalue weighted by Crippen LogP contribution is -2.34. The van der Waals surface area contributed by atoms with Crippen LogP contribution in [0, 0.1) is 0 Å². The molecule has 134 valence electrons. The fourth-order valence-electron chi connectivity index (χ4n) is 2.13. The van der Waals surface area contributed by atoms with Crippen LogP contribution in [0.15, 0.2) is 48.5 Å². The van der Waals surface area contributed by atoms with Gasteiger partial charge >= 0.3 is 0 Å². The number of carbonyl (C=O) groups excluding carboxylic acids is 4. The van der Waals surface area contributed by atoms with E-state index in [0.717, 1.165) is 0 Å². The number of hydrogen-bond acceptors (Lipinski definition) is 4. The van der Waals surface area contributed by atoms with Gasteiger partial charge < -0.3 is 22.1 Å². The van der Waals surface area contributed by atoms with E-state index in [1.165, 1.54) is 48.5 Å². The van der Waals surface area contributed by atoms with Crippen LogP contribution in [-0.4, -0.2) is 36.7 Å². The number of benzene rings is 2. The monoisotopic (exact) mass is 354 g/mol. The summed E-state index contributed by atoms with van der Waals surface area (Å²) in [7, 11) is 0. The molecule has 0 saturated heterocycles. The summed E-state index contributed by atoms with van der Waals surface area (Å²) in [5.74, 6) is -1.80. The van der Waals surface area contributed by atoms with Gasteiger partial charge in [-0.1, -0.05) is 0 Å². The molecule has 8 nitrogen and oxygen atoms in total. The van der Waals surface area contributed by atoms with Gasteiger partial charge in [-0.15, -0.1) is 0 Å². The van der Waals surface area contributed by atoms with Crippen LogP contribution in [0.25, 0.3) is 0 Å². The van der Waals surface area contributed by atoms with Gasteiger partial charge in [-0.05, 0) is 48.5 Å². The predicted molar refractivity (Wildman–Crippen MR) is 94.6 cm³/mol. The Morgan fingerprint density at radius 2 is 0.846 bits per heavy atom. The number of primary amides is 2. The van der Waals surface area contributed by atoms with E-state index < -0.39 is 11.8 Å². The van der Waals surface area contributed by atoms with E-state index in [1.807, 2.05) is 0 Å². The van der Waals surface area contributed by atoms with Crippen molar-refractivity contribution in [3.05, 3.63) is 70.8 Å². The van der Waals surface area contributed by atoms with E-state index >= 15 is 0 Å². The molecular formula is C18H18N4O4. The van der Waals surface area contributed by atoms with Crippen molar-refractivity contribution in [1.29, 1.82) is 0 Å². The van der Waals surface area contributed by atoms with Gasteiger partial charge in [-0.3, -0.25) is 19.2 Å². The molecule has 0 aliphatic rings. The second-order valence-electron chi connectivity index (χ2n) is 5.40. The van der Waals surface area contributed by atoms with E-state index in [9.17, 15) is 19.2 Å². The van der Waals surface area contributed by atoms with E-state index in [1.54, 1.807) is 0 Å². The first-order valence-electron chi connectivity index (χ1n) is 7.74. The van der Waals surface area contributed by atoms with E-state index in [-0.39, 0.29) is 24.9 Å². The van der Waals surface area contributed by atoms with Crippen molar-refractivity contribution >= 4 is 23.6 Å². The van der Waals surface area contributed by atoms with Crippen molar-refractivity contribution in [2.45, 2.75) is 0 Å². The molecule has 0 atom stereocenters. The highest BCUT2D eigenvalue weighted by Gasteiger charge is 2.08. The molecule has 26 heavy (non-hydrogen) atoms. The van der Waals surface area contributed by atoms with Crippen LogP contribution >= 0.6 is 0 Å². The first-order chi connectivity index (χ1) is 12.4. The highest BCUT2D eigenvalue weighted by molar-refractivity contribution is 5.98. The quantitative estimate of drug-likeness (QED) is 0.520. The predicted octanol–water partition coefficient (Wildman–Crippen LogP) is 0.0442. The van der Waals surface area contributed by atoms with Gasteiger partial charge in [-0.25, -0.2) is 0 Å². The average Bonchev–Trinajstić information content (AvgIpc) is 2.65. The molecule has 0 aliphatic heterocycles. The van der Waals surface area contributed by atoms with Gasteiger partial charge in [-0.2, -0.15) is 0 Å². The Bertz CT molecular complexity index is 758. The number of nitrogens with two attached hydrogens (primary N) is 2. The standard InChI is InChI=1S/C18H18N4O4/c19-15(23)11-1-5-13(6-2-11)17(25)21-9-10-22-18(26)14-7-3-12(4-8-14)16(20)24/h1-8H,9-10H2,(H2,19,23)(H2,20,24)(H,21,25)(H,22,26). The second kappa shape index (κ2) is 8.43. The van der Waals surface area contributed by atoms with Gasteiger partial charge in [0, 0.05) is 35.3 Å². The van der Waals surface area contributed by atoms with E-state index in [0.29, 0.717) is 22.3 Å². The van der Waals surface area contributed by atoms with Crippen LogP contribution in [-0.2, 0) is 0 Å². The Hall–Kier alpha value is -3.68. The second-order valence-corrected chi connectivity index (χ2v) is 5.40. The van der Waals surface area contributed by atoms with E-state index in [2.05, 4.69) is 10.6 Å². The highest BCUT2D eigenvalue weighted by atomic mass is 16.2. The summed E-state index contributed by atoms with van der Waals surface area (Å²) in [4.78, 5) is 45.9. The number of carbonyl (C=O) groups is 4. The van der Waals surface area contributed by atoms with Gasteiger partial charge in [0.2, 0.25) is 11.8 Å². The van der Waals surface area contributed by atoms with Crippen molar-refractivity contribution in [3.8, 4) is 0 Å². The van der Waals surface area contributed by atoms with Gasteiger partial charge in [0.1, 0.15) is 0 Å². The maximum absolute atomic E-state index is 12.0. The number of rotatable bonds is 7. The lowest BCUT2D eigenvalue weighted by atomic mass is 10.1. The van der Waals surface area contributed by atoms with Crippen LogP contribution in [0.1, 0.15) is 41.4 Å². The summed E-state index contributed by atoms with van der Waals surface area (Å²) in [6, 6.07) is 11.8. The molecule has 0 fully saturated rings. The van der Waals surface area contributed by atoms with Crippen LogP contribution in [0.4, 0.5) is 0 Å². The van der Waals surface area contributed by atoms with Crippen molar-refractivity contribution in [3.63, 3.8) is 0 Å². The number of amides is 4. The summed E-state index contributed by atoms with van der Waals surface area (Å²) in [6.45, 7) is 0.447. The van der Waals surface area contributed by atoms with Crippen molar-refractivity contribution < 1.29 is 19.2 Å². The molecular weight excluding hydrogens is 336 g/mol. The molecule has 0 radical (unpaired) electrons. The van der Waals surface area contributed by atoms with Gasteiger partial charge in [0.05, 0.1) is 0 Å². The summed E-state index contributed by atoms with van der Waals surface area (Å²) in [6.07, 6.45) is 0. The number of nitrogens with one attached hydrogen (secondary N) is 2. The smallest absolute Gasteiger partial charge is 0.251 e. The highest BCUT2D eigenvalue weighted by Crippen LogP contribution is 2.04. The Labute approximate surface area is 149 Å². The van der Waals surface area contributed by atoms with Gasteiger partial charge in [0.15, 0.2) is 0 Å². The number of hydrogen-bond donors (Lipinski definition) is 4. The topological polar surface area (TPSA) is 144 Å². The lowest BCUT2D eigenvalue weighted by Gasteiger charge is -2.08. The third kappa shape index (κ3) is 4.91. The fourth-order valence-corrected chi connectivity index (χ4v) is 2.13. The van der Waals surface area contributed by atoms with E-state index in [4.69, 9.17) is 11.5 Å². The molecule has 6 N–H and O–H groups in total. The normalized spacial score (nSPS) is 10.0. The summed E-state index contributed by atoms with van der Waals surface area (Å²) >= 11 is 0. The summed E-state index contributed by atoms with van der Waals surface area (Å²) in [5.41, 5.74) is 11.7. The molecule has 2 aromatic carbocycles. The van der Waals surface area contributed by atoms with Crippen molar-refractivity contribution in [2.24, 2.45) is 11.5 Å². The Morgan fingerprint density at radius 1 is 0.577 bits per heavy atom. The first-order valence-corrected chi connectivity index (χ1v) is 7.74. The minimum absolute atomic E-state index is 0.224. The average molecular weight is 354 g/mol. The molecule has 2 rings (SSSR count). The van der Waals surface area contributed by atoms with Crippen molar-refractivity contribution in [1.82, 2.24) is 10.6 Å². The first kappa shape index (κ1) is 18.7. The maximum Gasteiger partial charge on any atom is 0.251 e. The molecule has 4 amide bonds. The zero-order valence-electron chi connectivity index (χ0n) is 13.8. The zero-order valence-corrected chi connectivity index (χ0v) is 13.8. The lowest BCUT2D eigenvalue weighted by molar-refractivity contribution is 0.0927. The third-order valence-electron chi connectivity index (χ3n) is 3.56. The maximum atomic E-state index is 12.0. The third-order valence-corrected chi connectivity index (χ3v) is 3.56. The van der Waals surface area contributed by atoms with Crippen LogP contribution in [0.5, 0.6) is 0 Å². The molecule has 0 spiro atoms. The molecule has 2 aromatic rings. The SMILES string of the molecule is NC(=O)c1ccc(C(=O)NCCNC(=O)c2ccc(C(N)=O)cc2)cc1. The van der Waals surface area contributed by atoms with Crippen LogP contribution in [0.2, 0.25) is 0 Å². The largest absolute Gasteiger partial charge is 0.366 e. The Morgan fingerprint density at radius 3 is 1.12 bits per heavy atom. The fraction of sp³-hybridized carbons (Fsp3) is 0.111. The summed E-state index contributed by atoms with van der Waals surface area (Å²) < 4.78 is 0. The Balaban J connectivity index is 1.78. The molecule has 0 aromatic heterocycles. The van der Waals surface area contributed by atoms with Crippen LogP contribution in [0.3, 0.4) is 0 Å². The Kier molecular flexibility index (Phi) is 6.05. The molecule has 0 heterocycles.